The molecule has 0 aromatic carbocycles. The fraction of sp³-hybridized carbons (Fsp3) is 1.00. The van der Waals surface area contributed by atoms with Gasteiger partial charge in [0, 0.05) is 0 Å². The summed E-state index contributed by atoms with van der Waals surface area (Å²) in [6.07, 6.45) is 11.5. The van der Waals surface area contributed by atoms with Crippen LogP contribution in [0, 0.1) is 0 Å². The Labute approximate surface area is 129 Å². The van der Waals surface area contributed by atoms with Gasteiger partial charge >= 0.3 is 0 Å². The zero-order valence-corrected chi connectivity index (χ0v) is 15.4. The summed E-state index contributed by atoms with van der Waals surface area (Å²) >= 11 is 0. The first kappa shape index (κ1) is 19.9. The molecule has 0 N–H and O–H groups in total. The molecule has 2 heteroatoms. The number of nitrogens with zero attached hydrogens (tertiary/aromatic N) is 2. The second kappa shape index (κ2) is 10.6. The Morgan fingerprint density at radius 3 is 0.950 bits per heavy atom. The Kier molecular flexibility index (Phi) is 10.6. The van der Waals surface area contributed by atoms with Gasteiger partial charge in [0.25, 0.3) is 0 Å². The summed E-state index contributed by atoms with van der Waals surface area (Å²) in [6, 6.07) is 0. The smallest absolute Gasteiger partial charge is 0.0782 e. The van der Waals surface area contributed by atoms with Crippen LogP contribution in [0.2, 0.25) is 0 Å². The number of rotatable bonds is 13. The summed E-state index contributed by atoms with van der Waals surface area (Å²) in [5.41, 5.74) is 0. The minimum Gasteiger partial charge on any atom is -0.329 e. The average molecular weight is 287 g/mol. The summed E-state index contributed by atoms with van der Waals surface area (Å²) in [5.74, 6) is 0. The van der Waals surface area contributed by atoms with E-state index in [1.165, 1.54) is 86.5 Å². The van der Waals surface area contributed by atoms with Crippen molar-refractivity contribution in [2.45, 2.75) is 65.2 Å². The number of quaternary nitrogens is 2. The summed E-state index contributed by atoms with van der Waals surface area (Å²) in [4.78, 5) is 0. The molecule has 0 amide bonds. The molecule has 0 unspecified atom stereocenters. The Morgan fingerprint density at radius 2 is 0.700 bits per heavy atom. The third-order valence-electron chi connectivity index (χ3n) is 4.99. The molecule has 0 aliphatic rings. The molecule has 0 radical (unpaired) electrons. The molecule has 0 bridgehead atoms. The summed E-state index contributed by atoms with van der Waals surface area (Å²) in [6.45, 7) is 9.79. The van der Waals surface area contributed by atoms with Gasteiger partial charge in [0.2, 0.25) is 0 Å². The first-order valence-electron chi connectivity index (χ1n) is 8.97. The molecule has 0 atom stereocenters. The van der Waals surface area contributed by atoms with E-state index in [1.807, 2.05) is 0 Å². The summed E-state index contributed by atoms with van der Waals surface area (Å²) in [5, 5.41) is 0. The van der Waals surface area contributed by atoms with Gasteiger partial charge in [0.05, 0.1) is 54.4 Å². The molecule has 20 heavy (non-hydrogen) atoms. The third-order valence-corrected chi connectivity index (χ3v) is 4.99. The molecule has 0 heterocycles. The maximum absolute atomic E-state index is 2.34. The molecule has 0 fully saturated rings. The van der Waals surface area contributed by atoms with Crippen LogP contribution in [0.5, 0.6) is 0 Å². The first-order chi connectivity index (χ1) is 9.33. The highest BCUT2D eigenvalue weighted by Crippen LogP contribution is 2.11. The quantitative estimate of drug-likeness (QED) is 0.350. The van der Waals surface area contributed by atoms with Crippen LogP contribution in [-0.2, 0) is 0 Å². The van der Waals surface area contributed by atoms with Gasteiger partial charge in [-0.3, -0.25) is 0 Å². The molecule has 2 nitrogen and oxygen atoms in total. The number of hydrogen-bond acceptors (Lipinski definition) is 0. The second-order valence-corrected chi connectivity index (χ2v) is 7.78. The van der Waals surface area contributed by atoms with Gasteiger partial charge in [-0.1, -0.05) is 25.7 Å². The largest absolute Gasteiger partial charge is 0.329 e. The highest BCUT2D eigenvalue weighted by atomic mass is 15.3. The Balaban J connectivity index is 3.26. The van der Waals surface area contributed by atoms with Crippen molar-refractivity contribution in [3.05, 3.63) is 0 Å². The van der Waals surface area contributed by atoms with Gasteiger partial charge in [-0.15, -0.1) is 0 Å². The van der Waals surface area contributed by atoms with Crippen molar-refractivity contribution >= 4 is 0 Å². The van der Waals surface area contributed by atoms with Crippen molar-refractivity contribution in [3.63, 3.8) is 0 Å². The minimum absolute atomic E-state index is 1.19. The highest BCUT2D eigenvalue weighted by molar-refractivity contribution is 4.47. The normalized spacial score (nSPS) is 12.9. The SMILES string of the molecule is CC[N+](C)(C)CCCCCCCCCC[N+](C)(C)CC. The van der Waals surface area contributed by atoms with Crippen molar-refractivity contribution in [3.8, 4) is 0 Å². The number of unbranched alkanes of at least 4 members (excludes halogenated alkanes) is 7. The topological polar surface area (TPSA) is 0 Å². The van der Waals surface area contributed by atoms with Crippen molar-refractivity contribution < 1.29 is 8.97 Å². The maximum Gasteiger partial charge on any atom is 0.0782 e. The molecule has 122 valence electrons. The standard InChI is InChI=1S/C18H42N2/c1-7-19(3,4)17-15-13-11-9-10-12-14-16-18-20(5,6)8-2/h7-18H2,1-6H3/q+2. The van der Waals surface area contributed by atoms with E-state index in [0.717, 1.165) is 0 Å². The van der Waals surface area contributed by atoms with Crippen molar-refractivity contribution in [1.29, 1.82) is 0 Å². The van der Waals surface area contributed by atoms with E-state index in [-0.39, 0.29) is 0 Å². The fourth-order valence-corrected chi connectivity index (χ4v) is 2.46. The second-order valence-electron chi connectivity index (χ2n) is 7.78. The Bertz CT molecular complexity index is 197. The van der Waals surface area contributed by atoms with Gasteiger partial charge in [-0.2, -0.15) is 0 Å². The molecule has 0 saturated carbocycles. The van der Waals surface area contributed by atoms with Gasteiger partial charge in [0.1, 0.15) is 0 Å². The molecule has 0 spiro atoms. The molecule has 0 aliphatic heterocycles. The van der Waals surface area contributed by atoms with Crippen LogP contribution in [0.25, 0.3) is 0 Å². The van der Waals surface area contributed by atoms with Crippen LogP contribution in [0.1, 0.15) is 65.2 Å². The predicted octanol–water partition coefficient (Wildman–Crippen LogP) is 4.30. The van der Waals surface area contributed by atoms with Crippen molar-refractivity contribution in [1.82, 2.24) is 0 Å². The lowest BCUT2D eigenvalue weighted by atomic mass is 10.1. The lowest BCUT2D eigenvalue weighted by molar-refractivity contribution is -0.888. The predicted molar refractivity (Wildman–Crippen MR) is 92.0 cm³/mol. The molecule has 0 rings (SSSR count). The average Bonchev–Trinajstić information content (AvgIpc) is 2.41. The van der Waals surface area contributed by atoms with Crippen molar-refractivity contribution in [2.75, 3.05) is 54.4 Å². The Hall–Kier alpha value is -0.0800. The maximum atomic E-state index is 2.34. The van der Waals surface area contributed by atoms with Crippen molar-refractivity contribution in [2.24, 2.45) is 0 Å². The van der Waals surface area contributed by atoms with E-state index in [9.17, 15) is 0 Å². The lowest BCUT2D eigenvalue weighted by Gasteiger charge is -2.28. The van der Waals surface area contributed by atoms with E-state index in [2.05, 4.69) is 42.0 Å². The highest BCUT2D eigenvalue weighted by Gasteiger charge is 2.11. The molecule has 0 aromatic rings. The lowest BCUT2D eigenvalue weighted by Crippen LogP contribution is -2.39. The van der Waals surface area contributed by atoms with Crippen LogP contribution in [-0.4, -0.2) is 63.3 Å². The molecular weight excluding hydrogens is 244 g/mol. The monoisotopic (exact) mass is 286 g/mol. The first-order valence-corrected chi connectivity index (χ1v) is 8.97. The molecule has 0 aromatic heterocycles. The number of hydrogen-bond donors (Lipinski definition) is 0. The van der Waals surface area contributed by atoms with Gasteiger partial charge < -0.3 is 8.97 Å². The van der Waals surface area contributed by atoms with Crippen LogP contribution in [0.4, 0.5) is 0 Å². The third kappa shape index (κ3) is 11.7. The summed E-state index contributed by atoms with van der Waals surface area (Å²) in [7, 11) is 9.37. The van der Waals surface area contributed by atoms with Crippen LogP contribution in [0.3, 0.4) is 0 Å². The van der Waals surface area contributed by atoms with E-state index in [0.29, 0.717) is 0 Å². The van der Waals surface area contributed by atoms with E-state index in [4.69, 9.17) is 0 Å². The minimum atomic E-state index is 1.19. The molecule has 0 saturated heterocycles. The summed E-state index contributed by atoms with van der Waals surface area (Å²) < 4.78 is 2.37. The van der Waals surface area contributed by atoms with Crippen LogP contribution in [0.15, 0.2) is 0 Å². The van der Waals surface area contributed by atoms with E-state index < -0.39 is 0 Å². The van der Waals surface area contributed by atoms with Gasteiger partial charge in [-0.25, -0.2) is 0 Å². The van der Waals surface area contributed by atoms with Crippen LogP contribution >= 0.6 is 0 Å². The van der Waals surface area contributed by atoms with E-state index >= 15 is 0 Å². The van der Waals surface area contributed by atoms with E-state index in [1.54, 1.807) is 0 Å². The zero-order valence-electron chi connectivity index (χ0n) is 15.4. The fourth-order valence-electron chi connectivity index (χ4n) is 2.46. The molecule has 0 aliphatic carbocycles. The molecular formula is C18H42N2+2. The Morgan fingerprint density at radius 1 is 0.450 bits per heavy atom. The van der Waals surface area contributed by atoms with Gasteiger partial charge in [0.15, 0.2) is 0 Å². The van der Waals surface area contributed by atoms with Gasteiger partial charge in [-0.05, 0) is 39.5 Å². The zero-order chi connectivity index (χ0) is 15.5. The van der Waals surface area contributed by atoms with Crippen LogP contribution < -0.4 is 0 Å².